The van der Waals surface area contributed by atoms with Gasteiger partial charge >= 0.3 is 0 Å². The molecule has 0 fully saturated rings. The van der Waals surface area contributed by atoms with E-state index in [1.54, 1.807) is 18.2 Å². The Bertz CT molecular complexity index is 965. The molecule has 0 radical (unpaired) electrons. The highest BCUT2D eigenvalue weighted by molar-refractivity contribution is 7.96. The van der Waals surface area contributed by atoms with E-state index in [0.29, 0.717) is 5.75 Å². The van der Waals surface area contributed by atoms with Crippen molar-refractivity contribution in [1.29, 1.82) is 5.26 Å². The van der Waals surface area contributed by atoms with Crippen LogP contribution in [0.15, 0.2) is 41.3 Å². The van der Waals surface area contributed by atoms with Gasteiger partial charge in [-0.2, -0.15) is 5.26 Å². The molecule has 0 saturated carbocycles. The fourth-order valence-electron chi connectivity index (χ4n) is 1.86. The Hall–Kier alpha value is -1.91. The molecule has 0 bridgehead atoms. The highest BCUT2D eigenvalue weighted by Crippen LogP contribution is 2.32. The van der Waals surface area contributed by atoms with Gasteiger partial charge in [0.25, 0.3) is 10.0 Å². The van der Waals surface area contributed by atoms with Crippen molar-refractivity contribution in [2.24, 2.45) is 0 Å². The normalized spacial score (nSPS) is 11.7. The Balaban J connectivity index is 2.40. The van der Waals surface area contributed by atoms with Crippen molar-refractivity contribution in [3.05, 3.63) is 61.9 Å². The molecule has 1 N–H and O–H groups in total. The molecule has 0 saturated heterocycles. The minimum atomic E-state index is -4.12. The number of nitrogens with one attached hydrogen (secondary N) is 1. The molecule has 0 heterocycles. The molecular formula is C16H11Cl3N2O3S. The lowest BCUT2D eigenvalue weighted by atomic mass is 10.2. The third-order valence-electron chi connectivity index (χ3n) is 3.05. The zero-order valence-corrected chi connectivity index (χ0v) is 15.8. The van der Waals surface area contributed by atoms with Gasteiger partial charge in [-0.1, -0.05) is 34.8 Å². The molecule has 0 atom stereocenters. The average molecular weight is 418 g/mol. The highest BCUT2D eigenvalue weighted by Gasteiger charge is 2.19. The maximum atomic E-state index is 12.4. The molecule has 5 nitrogen and oxygen atoms in total. The number of nitriles is 1. The highest BCUT2D eigenvalue weighted by atomic mass is 35.5. The molecule has 0 aliphatic carbocycles. The molecule has 0 amide bonds. The van der Waals surface area contributed by atoms with E-state index >= 15 is 0 Å². The number of halogens is 3. The summed E-state index contributed by atoms with van der Waals surface area (Å²) in [4.78, 5) is -0.538. The predicted octanol–water partition coefficient (Wildman–Crippen LogP) is 4.96. The van der Waals surface area contributed by atoms with Crippen molar-refractivity contribution < 1.29 is 13.2 Å². The van der Waals surface area contributed by atoms with Gasteiger partial charge in [0.15, 0.2) is 4.91 Å². The minimum Gasteiger partial charge on any atom is -0.497 e. The Morgan fingerprint density at radius 3 is 2.40 bits per heavy atom. The number of hydrogen-bond donors (Lipinski definition) is 1. The van der Waals surface area contributed by atoms with Crippen LogP contribution >= 0.6 is 34.8 Å². The van der Waals surface area contributed by atoms with Gasteiger partial charge in [-0.05, 0) is 48.0 Å². The Morgan fingerprint density at radius 2 is 1.84 bits per heavy atom. The summed E-state index contributed by atoms with van der Waals surface area (Å²) in [6, 6.07) is 10.7. The molecule has 2 rings (SSSR count). The van der Waals surface area contributed by atoms with Crippen molar-refractivity contribution in [1.82, 2.24) is 0 Å². The summed E-state index contributed by atoms with van der Waals surface area (Å²) in [5.74, 6) is 0.569. The third kappa shape index (κ3) is 4.80. The van der Waals surface area contributed by atoms with E-state index < -0.39 is 14.9 Å². The summed E-state index contributed by atoms with van der Waals surface area (Å²) in [7, 11) is -2.63. The van der Waals surface area contributed by atoms with Gasteiger partial charge < -0.3 is 4.74 Å². The zero-order chi connectivity index (χ0) is 18.6. The molecule has 0 aliphatic rings. The van der Waals surface area contributed by atoms with Gasteiger partial charge in [0, 0.05) is 10.7 Å². The number of nitrogens with zero attached hydrogens (tertiary/aromatic N) is 1. The molecule has 9 heteroatoms. The predicted molar refractivity (Wildman–Crippen MR) is 101 cm³/mol. The first-order valence-electron chi connectivity index (χ1n) is 6.70. The van der Waals surface area contributed by atoms with Crippen LogP contribution in [0.5, 0.6) is 5.75 Å². The topological polar surface area (TPSA) is 79.2 Å². The number of ether oxygens (including phenoxy) is 1. The van der Waals surface area contributed by atoms with Crippen LogP contribution in [-0.2, 0) is 10.0 Å². The van der Waals surface area contributed by atoms with E-state index in [-0.39, 0.29) is 26.3 Å². The molecule has 0 aromatic heterocycles. The van der Waals surface area contributed by atoms with Crippen LogP contribution in [-0.4, -0.2) is 15.5 Å². The lowest BCUT2D eigenvalue weighted by molar-refractivity contribution is 0.415. The molecule has 0 aliphatic heterocycles. The summed E-state index contributed by atoms with van der Waals surface area (Å²) in [6.07, 6.45) is 1.10. The Labute approximate surface area is 160 Å². The minimum absolute atomic E-state index is 0.0958. The third-order valence-corrected chi connectivity index (χ3v) is 5.38. The molecule has 2 aromatic rings. The van der Waals surface area contributed by atoms with Crippen molar-refractivity contribution in [3.8, 4) is 11.8 Å². The first kappa shape index (κ1) is 19.4. The van der Waals surface area contributed by atoms with Crippen LogP contribution in [0.2, 0.25) is 15.1 Å². The SMILES string of the molecule is COc1ccc(NS(=O)(=O)/C(C#N)=C/c2cc(Cl)cc(Cl)c2Cl)cc1. The van der Waals surface area contributed by atoms with E-state index in [2.05, 4.69) is 4.72 Å². The van der Waals surface area contributed by atoms with Gasteiger partial charge in [-0.3, -0.25) is 4.72 Å². The first-order chi connectivity index (χ1) is 11.8. The van der Waals surface area contributed by atoms with Gasteiger partial charge in [-0.15, -0.1) is 0 Å². The number of benzene rings is 2. The number of rotatable bonds is 5. The largest absolute Gasteiger partial charge is 0.497 e. The number of methoxy groups -OCH3 is 1. The van der Waals surface area contributed by atoms with E-state index in [1.807, 2.05) is 0 Å². The van der Waals surface area contributed by atoms with Gasteiger partial charge in [-0.25, -0.2) is 8.42 Å². The summed E-state index contributed by atoms with van der Waals surface area (Å²) in [6.45, 7) is 0. The van der Waals surface area contributed by atoms with Crippen molar-refractivity contribution in [2.75, 3.05) is 11.8 Å². The lowest BCUT2D eigenvalue weighted by Gasteiger charge is -2.08. The van der Waals surface area contributed by atoms with Crippen LogP contribution in [0, 0.1) is 11.3 Å². The van der Waals surface area contributed by atoms with Gasteiger partial charge in [0.1, 0.15) is 11.8 Å². The average Bonchev–Trinajstić information content (AvgIpc) is 2.56. The summed E-state index contributed by atoms with van der Waals surface area (Å²) < 4.78 is 32.2. The number of hydrogen-bond acceptors (Lipinski definition) is 4. The summed E-state index contributed by atoms with van der Waals surface area (Å²) in [5, 5.41) is 9.76. The van der Waals surface area contributed by atoms with Gasteiger partial charge in [0.05, 0.1) is 17.2 Å². The van der Waals surface area contributed by atoms with Crippen LogP contribution in [0.3, 0.4) is 0 Å². The second kappa shape index (κ2) is 7.98. The van der Waals surface area contributed by atoms with Crippen molar-refractivity contribution in [3.63, 3.8) is 0 Å². The monoisotopic (exact) mass is 416 g/mol. The van der Waals surface area contributed by atoms with Crippen molar-refractivity contribution >= 4 is 56.6 Å². The van der Waals surface area contributed by atoms with Crippen LogP contribution < -0.4 is 9.46 Å². The smallest absolute Gasteiger partial charge is 0.272 e. The van der Waals surface area contributed by atoms with E-state index in [0.717, 1.165) is 6.08 Å². The number of sulfonamides is 1. The van der Waals surface area contributed by atoms with E-state index in [1.165, 1.54) is 31.4 Å². The molecular weight excluding hydrogens is 407 g/mol. The quantitative estimate of drug-likeness (QED) is 0.551. The molecule has 0 spiro atoms. The summed E-state index contributed by atoms with van der Waals surface area (Å²) in [5.41, 5.74) is 0.494. The summed E-state index contributed by atoms with van der Waals surface area (Å²) >= 11 is 17.8. The number of anilines is 1. The second-order valence-electron chi connectivity index (χ2n) is 4.75. The number of allylic oxidation sites excluding steroid dienone is 1. The van der Waals surface area contributed by atoms with E-state index in [9.17, 15) is 13.7 Å². The second-order valence-corrected chi connectivity index (χ2v) is 7.62. The molecule has 2 aromatic carbocycles. The Kier molecular flexibility index (Phi) is 6.20. The molecule has 0 unspecified atom stereocenters. The standard InChI is InChI=1S/C16H11Cl3N2O3S/c1-24-13-4-2-12(3-5-13)21-25(22,23)14(9-20)7-10-6-11(17)8-15(18)16(10)19/h2-8,21H,1H3/b14-7+. The van der Waals surface area contributed by atoms with E-state index in [4.69, 9.17) is 39.5 Å². The maximum Gasteiger partial charge on any atom is 0.272 e. The molecule has 130 valence electrons. The molecule has 25 heavy (non-hydrogen) atoms. The fraction of sp³-hybridized carbons (Fsp3) is 0.0625. The van der Waals surface area contributed by atoms with Crippen molar-refractivity contribution in [2.45, 2.75) is 0 Å². The fourth-order valence-corrected chi connectivity index (χ4v) is 3.49. The lowest BCUT2D eigenvalue weighted by Crippen LogP contribution is -2.14. The zero-order valence-electron chi connectivity index (χ0n) is 12.8. The first-order valence-corrected chi connectivity index (χ1v) is 9.31. The van der Waals surface area contributed by atoms with Crippen LogP contribution in [0.25, 0.3) is 6.08 Å². The van der Waals surface area contributed by atoms with Gasteiger partial charge in [0.2, 0.25) is 0 Å². The Morgan fingerprint density at radius 1 is 1.20 bits per heavy atom. The van der Waals surface area contributed by atoms with Crippen LogP contribution in [0.1, 0.15) is 5.56 Å². The maximum absolute atomic E-state index is 12.4. The van der Waals surface area contributed by atoms with Crippen LogP contribution in [0.4, 0.5) is 5.69 Å².